The lowest BCUT2D eigenvalue weighted by Gasteiger charge is -2.21. The molecule has 0 saturated carbocycles. The van der Waals surface area contributed by atoms with E-state index >= 15 is 0 Å². The van der Waals surface area contributed by atoms with Crippen LogP contribution in [0.15, 0.2) is 285 Å². The van der Waals surface area contributed by atoms with Crippen LogP contribution in [0.4, 0.5) is 0 Å². The van der Waals surface area contributed by atoms with Crippen molar-refractivity contribution < 1.29 is 0 Å². The molecule has 0 radical (unpaired) electrons. The molecule has 0 aliphatic rings. The summed E-state index contributed by atoms with van der Waals surface area (Å²) in [5.41, 5.74) is 24.1. The number of aromatic nitrogens is 5. The quantitative estimate of drug-likeness (QED) is 0.137. The summed E-state index contributed by atoms with van der Waals surface area (Å²) in [7, 11) is 0. The molecule has 426 valence electrons. The number of nitriles is 1. The molecule has 0 saturated heterocycles. The SMILES string of the molecule is Cc1cccc(-c2ccc3c(c2)c2cc(-c4cccc(C)c4)ccc2n3-c2ccc(-c3nc(-c4ccccc4)nc(-c4ccccc4)n3)cc2-c2cc(-c3ccc(C#N)cc3)ccc2-n2c3ccc4cc3c3c(c(-c5cccc(C)c5)ccc32)c2cccc4c2)c1. The predicted octanol–water partition coefficient (Wildman–Crippen LogP) is 21.9. The topological polar surface area (TPSA) is 72.3 Å². The van der Waals surface area contributed by atoms with E-state index in [-0.39, 0.29) is 0 Å². The summed E-state index contributed by atoms with van der Waals surface area (Å²) in [4.78, 5) is 15.9. The van der Waals surface area contributed by atoms with Crippen molar-refractivity contribution in [1.29, 1.82) is 5.26 Å². The van der Waals surface area contributed by atoms with E-state index in [1.807, 2.05) is 48.5 Å². The molecule has 0 fully saturated rings. The number of hydrogen-bond donors (Lipinski definition) is 0. The van der Waals surface area contributed by atoms with Gasteiger partial charge in [0.1, 0.15) is 0 Å². The van der Waals surface area contributed by atoms with E-state index in [0.29, 0.717) is 23.0 Å². The summed E-state index contributed by atoms with van der Waals surface area (Å²) in [6.07, 6.45) is 0. The molecule has 0 N–H and O–H groups in total. The average molecular weight is 1160 g/mol. The second-order valence-corrected chi connectivity index (χ2v) is 24.1. The van der Waals surface area contributed by atoms with Crippen molar-refractivity contribution in [3.05, 3.63) is 307 Å². The number of hydrogen-bond acceptors (Lipinski definition) is 4. The zero-order chi connectivity index (χ0) is 60.8. The van der Waals surface area contributed by atoms with Crippen LogP contribution in [0.3, 0.4) is 0 Å². The van der Waals surface area contributed by atoms with Gasteiger partial charge in [-0.25, -0.2) is 15.0 Å². The molecule has 0 aliphatic carbocycles. The van der Waals surface area contributed by atoms with E-state index in [1.165, 1.54) is 71.3 Å². The molecule has 3 heterocycles. The van der Waals surface area contributed by atoms with Crippen molar-refractivity contribution in [2.24, 2.45) is 0 Å². The molecule has 17 rings (SSSR count). The molecule has 6 nitrogen and oxygen atoms in total. The van der Waals surface area contributed by atoms with Crippen molar-refractivity contribution >= 4 is 65.2 Å². The molecular formula is C85H56N6. The van der Waals surface area contributed by atoms with Crippen molar-refractivity contribution in [2.75, 3.05) is 0 Å². The van der Waals surface area contributed by atoms with Crippen LogP contribution in [0.25, 0.3) is 166 Å². The maximum absolute atomic E-state index is 10.1. The first-order valence-corrected chi connectivity index (χ1v) is 30.9. The maximum atomic E-state index is 10.1. The lowest BCUT2D eigenvalue weighted by atomic mass is 9.92. The minimum Gasteiger partial charge on any atom is -0.309 e. The fourth-order valence-electron chi connectivity index (χ4n) is 13.9. The lowest BCUT2D eigenvalue weighted by molar-refractivity contribution is 1.07. The van der Waals surface area contributed by atoms with E-state index in [0.717, 1.165) is 94.3 Å². The number of aryl methyl sites for hydroxylation is 3. The molecule has 14 aromatic carbocycles. The van der Waals surface area contributed by atoms with Crippen LogP contribution < -0.4 is 0 Å². The smallest absolute Gasteiger partial charge is 0.164 e. The van der Waals surface area contributed by atoms with Gasteiger partial charge in [0.05, 0.1) is 45.1 Å². The van der Waals surface area contributed by atoms with E-state index in [1.54, 1.807) is 0 Å². The van der Waals surface area contributed by atoms with E-state index in [2.05, 4.69) is 273 Å². The minimum atomic E-state index is 0.552. The van der Waals surface area contributed by atoms with Crippen LogP contribution in [0.2, 0.25) is 0 Å². The Bertz CT molecular complexity index is 5650. The van der Waals surface area contributed by atoms with Crippen LogP contribution >= 0.6 is 0 Å². The Morgan fingerprint density at radius 2 is 0.703 bits per heavy atom. The first kappa shape index (κ1) is 53.2. The third kappa shape index (κ3) is 9.13. The third-order valence-corrected chi connectivity index (χ3v) is 18.3. The van der Waals surface area contributed by atoms with E-state index in [9.17, 15) is 5.26 Å². The molecule has 0 amide bonds. The van der Waals surface area contributed by atoms with E-state index < -0.39 is 0 Å². The van der Waals surface area contributed by atoms with Crippen molar-refractivity contribution in [3.8, 4) is 107 Å². The standard InChI is InChI=1S/C85H56N6/c1-52-14-10-21-59(42-52)63-31-37-75-71(47-63)72-48-64(60-22-11-15-53(2)43-60)32-38-76(72)90(75)77-40-34-68(85-88-83(57-17-6-4-7-18-57)87-84(89-85)58-19-8-5-9-20-58)50-73(77)70-46-62(56-28-26-55(51-86)27-29-56)30-36-78(70)91-79-39-33-65-49-74(79)82-80(91)41-35-69(66-24-12-16-54(3)44-66)81(82)67-25-13-23-61(65)45-67/h4-50H,1-3H3. The normalized spacial score (nSPS) is 11.7. The summed E-state index contributed by atoms with van der Waals surface area (Å²) in [6, 6.07) is 105. The molecule has 0 spiro atoms. The molecular weight excluding hydrogens is 1100 g/mol. The van der Waals surface area contributed by atoms with Crippen molar-refractivity contribution in [2.45, 2.75) is 20.8 Å². The Morgan fingerprint density at radius 1 is 0.275 bits per heavy atom. The minimum absolute atomic E-state index is 0.552. The Hall–Kier alpha value is -12.0. The zero-order valence-electron chi connectivity index (χ0n) is 50.3. The van der Waals surface area contributed by atoms with Gasteiger partial charge < -0.3 is 9.13 Å². The van der Waals surface area contributed by atoms with Crippen molar-refractivity contribution in [3.63, 3.8) is 0 Å². The highest BCUT2D eigenvalue weighted by Crippen LogP contribution is 2.48. The summed E-state index contributed by atoms with van der Waals surface area (Å²) in [5, 5.41) is 19.5. The Balaban J connectivity index is 1.01. The Kier molecular flexibility index (Phi) is 12.5. The molecule has 91 heavy (non-hydrogen) atoms. The number of benzene rings is 13. The fourth-order valence-corrected chi connectivity index (χ4v) is 13.9. The van der Waals surface area contributed by atoms with Gasteiger partial charge >= 0.3 is 0 Å². The van der Waals surface area contributed by atoms with Gasteiger partial charge in [0.25, 0.3) is 0 Å². The summed E-state index contributed by atoms with van der Waals surface area (Å²) >= 11 is 0. The van der Waals surface area contributed by atoms with Gasteiger partial charge in [-0.2, -0.15) is 5.26 Å². The maximum Gasteiger partial charge on any atom is 0.164 e. The van der Waals surface area contributed by atoms with Gasteiger partial charge in [-0.1, -0.05) is 211 Å². The first-order chi connectivity index (χ1) is 44.7. The molecule has 0 unspecified atom stereocenters. The summed E-state index contributed by atoms with van der Waals surface area (Å²) in [6.45, 7) is 6.49. The first-order valence-electron chi connectivity index (χ1n) is 30.9. The molecule has 17 aromatic rings. The molecule has 6 heteroatoms. The average Bonchev–Trinajstić information content (AvgIpc) is 1.60. The monoisotopic (exact) mass is 1160 g/mol. The Morgan fingerprint density at radius 3 is 1.30 bits per heavy atom. The van der Waals surface area contributed by atoms with Crippen LogP contribution in [0.5, 0.6) is 0 Å². The van der Waals surface area contributed by atoms with Gasteiger partial charge in [0.15, 0.2) is 17.5 Å². The zero-order valence-corrected chi connectivity index (χ0v) is 50.3. The highest BCUT2D eigenvalue weighted by atomic mass is 15.0. The second kappa shape index (κ2) is 21.4. The van der Waals surface area contributed by atoms with E-state index in [4.69, 9.17) is 15.0 Å². The number of nitrogens with zero attached hydrogens (tertiary/aromatic N) is 6. The molecule has 0 atom stereocenters. The number of fused-ring (bicyclic) bond motifs is 8. The van der Waals surface area contributed by atoms with Gasteiger partial charge in [-0.15, -0.1) is 0 Å². The van der Waals surface area contributed by atoms with Crippen LogP contribution in [-0.2, 0) is 0 Å². The molecule has 3 aromatic heterocycles. The van der Waals surface area contributed by atoms with Gasteiger partial charge in [0, 0.05) is 49.4 Å². The van der Waals surface area contributed by atoms with Crippen LogP contribution in [-0.4, -0.2) is 24.1 Å². The molecule has 4 bridgehead atoms. The lowest BCUT2D eigenvalue weighted by Crippen LogP contribution is -2.04. The third-order valence-electron chi connectivity index (χ3n) is 18.3. The molecule has 0 aliphatic heterocycles. The van der Waals surface area contributed by atoms with Crippen LogP contribution in [0.1, 0.15) is 22.3 Å². The largest absolute Gasteiger partial charge is 0.309 e. The second-order valence-electron chi connectivity index (χ2n) is 24.1. The Labute approximate surface area is 526 Å². The summed E-state index contributed by atoms with van der Waals surface area (Å²) < 4.78 is 4.97. The van der Waals surface area contributed by atoms with Gasteiger partial charge in [0.2, 0.25) is 0 Å². The van der Waals surface area contributed by atoms with Gasteiger partial charge in [-0.3, -0.25) is 0 Å². The highest BCUT2D eigenvalue weighted by molar-refractivity contribution is 6.27. The van der Waals surface area contributed by atoms with Crippen LogP contribution in [0, 0.1) is 32.1 Å². The van der Waals surface area contributed by atoms with Gasteiger partial charge in [-0.05, 0) is 178 Å². The highest BCUT2D eigenvalue weighted by Gasteiger charge is 2.26. The number of rotatable bonds is 10. The fraction of sp³-hybridized carbons (Fsp3) is 0.0353. The summed E-state index contributed by atoms with van der Waals surface area (Å²) in [5.74, 6) is 1.72. The van der Waals surface area contributed by atoms with Crippen molar-refractivity contribution in [1.82, 2.24) is 24.1 Å². The predicted molar refractivity (Wildman–Crippen MR) is 377 cm³/mol.